The fourth-order valence-electron chi connectivity index (χ4n) is 2.19. The molecule has 0 radical (unpaired) electrons. The van der Waals surface area contributed by atoms with Crippen LogP contribution in [0.4, 0.5) is 0 Å². The maximum absolute atomic E-state index is 5.79. The molecule has 1 aliphatic carbocycles. The summed E-state index contributed by atoms with van der Waals surface area (Å²) in [6.45, 7) is 0. The summed E-state index contributed by atoms with van der Waals surface area (Å²) in [6.07, 6.45) is 3.75. The largest absolute Gasteiger partial charge is 0.328 e. The summed E-state index contributed by atoms with van der Waals surface area (Å²) in [7, 11) is 0. The quantitative estimate of drug-likeness (QED) is 0.799. The van der Waals surface area contributed by atoms with Crippen LogP contribution in [0.15, 0.2) is 30.6 Å². The van der Waals surface area contributed by atoms with Crippen molar-refractivity contribution in [1.29, 1.82) is 0 Å². The topological polar surface area (TPSA) is 67.6 Å². The lowest BCUT2D eigenvalue weighted by Gasteiger charge is -2.32. The van der Waals surface area contributed by atoms with Crippen molar-refractivity contribution >= 4 is 0 Å². The average Bonchev–Trinajstić information content (AvgIpc) is 2.79. The van der Waals surface area contributed by atoms with Crippen molar-refractivity contribution in [2.24, 2.45) is 5.73 Å². The molecule has 1 heterocycles. The van der Waals surface area contributed by atoms with E-state index in [0.717, 1.165) is 24.2 Å². The van der Waals surface area contributed by atoms with Gasteiger partial charge in [0, 0.05) is 11.6 Å². The van der Waals surface area contributed by atoms with E-state index in [1.165, 1.54) is 11.9 Å². The number of hydrogen-bond donors (Lipinski definition) is 2. The van der Waals surface area contributed by atoms with Gasteiger partial charge in [0.05, 0.1) is 0 Å². The highest BCUT2D eigenvalue weighted by Crippen LogP contribution is 2.35. The summed E-state index contributed by atoms with van der Waals surface area (Å²) in [4.78, 5) is 4.12. The Morgan fingerprint density at radius 1 is 1.19 bits per heavy atom. The van der Waals surface area contributed by atoms with Crippen molar-refractivity contribution in [2.45, 2.75) is 24.8 Å². The molecule has 3 rings (SSSR count). The second-order valence-electron chi connectivity index (χ2n) is 4.38. The molecule has 3 N–H and O–H groups in total. The molecule has 0 amide bonds. The molecule has 1 saturated carbocycles. The summed E-state index contributed by atoms with van der Waals surface area (Å²) in [5.41, 5.74) is 8.24. The highest BCUT2D eigenvalue weighted by atomic mass is 15.2. The lowest BCUT2D eigenvalue weighted by molar-refractivity contribution is 0.351. The van der Waals surface area contributed by atoms with Gasteiger partial charge < -0.3 is 5.73 Å². The van der Waals surface area contributed by atoms with Gasteiger partial charge in [-0.1, -0.05) is 24.3 Å². The summed E-state index contributed by atoms with van der Waals surface area (Å²) < 4.78 is 0. The number of H-pyrrole nitrogens is 1. The van der Waals surface area contributed by atoms with Gasteiger partial charge in [-0.05, 0) is 24.3 Å². The van der Waals surface area contributed by atoms with Crippen molar-refractivity contribution in [1.82, 2.24) is 15.2 Å². The Bertz CT molecular complexity index is 454. The molecule has 4 heteroatoms. The monoisotopic (exact) mass is 214 g/mol. The third-order valence-corrected chi connectivity index (χ3v) is 3.25. The van der Waals surface area contributed by atoms with Gasteiger partial charge in [-0.2, -0.15) is 5.10 Å². The molecule has 1 aromatic carbocycles. The average molecular weight is 214 g/mol. The Kier molecular flexibility index (Phi) is 2.22. The molecular formula is C12H14N4. The van der Waals surface area contributed by atoms with Crippen LogP contribution in [0.5, 0.6) is 0 Å². The van der Waals surface area contributed by atoms with E-state index in [1.807, 2.05) is 0 Å². The number of nitrogens with zero attached hydrogens (tertiary/aromatic N) is 2. The van der Waals surface area contributed by atoms with Crippen molar-refractivity contribution in [3.05, 3.63) is 36.2 Å². The van der Waals surface area contributed by atoms with Crippen LogP contribution in [0.3, 0.4) is 0 Å². The Morgan fingerprint density at radius 3 is 2.50 bits per heavy atom. The Hall–Kier alpha value is -1.68. The minimum atomic E-state index is 0.402. The van der Waals surface area contributed by atoms with Crippen LogP contribution in [0, 0.1) is 0 Å². The molecular weight excluding hydrogens is 200 g/mol. The molecule has 16 heavy (non-hydrogen) atoms. The molecule has 4 nitrogen and oxygen atoms in total. The first-order valence-corrected chi connectivity index (χ1v) is 5.54. The van der Waals surface area contributed by atoms with Gasteiger partial charge in [0.2, 0.25) is 0 Å². The van der Waals surface area contributed by atoms with Gasteiger partial charge in [0.1, 0.15) is 6.33 Å². The molecule has 0 aliphatic heterocycles. The van der Waals surface area contributed by atoms with Gasteiger partial charge in [0.15, 0.2) is 5.82 Å². The number of nitrogens with one attached hydrogen (secondary N) is 1. The summed E-state index contributed by atoms with van der Waals surface area (Å²) in [5.74, 6) is 1.47. The van der Waals surface area contributed by atoms with Crippen LogP contribution >= 0.6 is 0 Å². The highest BCUT2D eigenvalue weighted by molar-refractivity contribution is 5.54. The minimum absolute atomic E-state index is 0.402. The van der Waals surface area contributed by atoms with E-state index in [2.05, 4.69) is 39.4 Å². The fourth-order valence-corrected chi connectivity index (χ4v) is 2.19. The normalized spacial score (nSPS) is 24.1. The Morgan fingerprint density at radius 2 is 1.94 bits per heavy atom. The molecule has 1 aromatic heterocycles. The van der Waals surface area contributed by atoms with Gasteiger partial charge in [-0.15, -0.1) is 0 Å². The standard InChI is InChI=1S/C12H14N4/c13-11-5-10(6-11)8-1-3-9(4-2-8)12-14-7-15-16-12/h1-4,7,10-11H,5-6,13H2,(H,14,15,16). The first-order chi connectivity index (χ1) is 7.83. The second kappa shape index (κ2) is 3.72. The van der Waals surface area contributed by atoms with Crippen molar-refractivity contribution in [3.8, 4) is 11.4 Å². The number of hydrogen-bond acceptors (Lipinski definition) is 3. The summed E-state index contributed by atoms with van der Waals surface area (Å²) in [5, 5.41) is 6.70. The van der Waals surface area contributed by atoms with Crippen LogP contribution in [0.25, 0.3) is 11.4 Å². The van der Waals surface area contributed by atoms with Gasteiger partial charge in [-0.3, -0.25) is 5.10 Å². The first kappa shape index (κ1) is 9.54. The smallest absolute Gasteiger partial charge is 0.155 e. The molecule has 0 unspecified atom stereocenters. The first-order valence-electron chi connectivity index (χ1n) is 5.54. The van der Waals surface area contributed by atoms with Crippen LogP contribution in [0.1, 0.15) is 24.3 Å². The third-order valence-electron chi connectivity index (χ3n) is 3.25. The molecule has 0 bridgehead atoms. The van der Waals surface area contributed by atoms with Crippen molar-refractivity contribution in [2.75, 3.05) is 0 Å². The van der Waals surface area contributed by atoms with E-state index in [1.54, 1.807) is 0 Å². The zero-order valence-corrected chi connectivity index (χ0v) is 8.93. The molecule has 82 valence electrons. The van der Waals surface area contributed by atoms with Gasteiger partial charge in [0.25, 0.3) is 0 Å². The van der Waals surface area contributed by atoms with Crippen LogP contribution < -0.4 is 5.73 Å². The minimum Gasteiger partial charge on any atom is -0.328 e. The van der Waals surface area contributed by atoms with E-state index >= 15 is 0 Å². The molecule has 1 fully saturated rings. The molecule has 0 saturated heterocycles. The number of aromatic amines is 1. The zero-order valence-electron chi connectivity index (χ0n) is 8.93. The Labute approximate surface area is 93.9 Å². The third kappa shape index (κ3) is 1.61. The van der Waals surface area contributed by atoms with Gasteiger partial charge in [-0.25, -0.2) is 4.98 Å². The maximum atomic E-state index is 5.79. The van der Waals surface area contributed by atoms with Crippen LogP contribution in [0.2, 0.25) is 0 Å². The predicted molar refractivity (Wildman–Crippen MR) is 61.8 cm³/mol. The number of aromatic nitrogens is 3. The van der Waals surface area contributed by atoms with Crippen molar-refractivity contribution < 1.29 is 0 Å². The molecule has 1 aliphatic rings. The number of nitrogens with two attached hydrogens (primary N) is 1. The summed E-state index contributed by atoms with van der Waals surface area (Å²) >= 11 is 0. The molecule has 2 aromatic rings. The zero-order chi connectivity index (χ0) is 11.0. The molecule has 0 atom stereocenters. The lowest BCUT2D eigenvalue weighted by atomic mass is 9.76. The SMILES string of the molecule is NC1CC(c2ccc(-c3ncn[nH]3)cc2)C1. The molecule has 0 spiro atoms. The number of benzene rings is 1. The van der Waals surface area contributed by atoms with E-state index in [9.17, 15) is 0 Å². The van der Waals surface area contributed by atoms with E-state index in [4.69, 9.17) is 5.73 Å². The number of rotatable bonds is 2. The lowest BCUT2D eigenvalue weighted by Crippen LogP contribution is -2.34. The Balaban J connectivity index is 1.80. The van der Waals surface area contributed by atoms with Gasteiger partial charge >= 0.3 is 0 Å². The maximum Gasteiger partial charge on any atom is 0.155 e. The summed E-state index contributed by atoms with van der Waals surface area (Å²) in [6, 6.07) is 8.89. The second-order valence-corrected chi connectivity index (χ2v) is 4.38. The van der Waals surface area contributed by atoms with Crippen molar-refractivity contribution in [3.63, 3.8) is 0 Å². The van der Waals surface area contributed by atoms with E-state index in [0.29, 0.717) is 12.0 Å². The predicted octanol–water partition coefficient (Wildman–Crippen LogP) is 1.68. The van der Waals surface area contributed by atoms with Crippen LogP contribution in [-0.4, -0.2) is 21.2 Å². The fraction of sp³-hybridized carbons (Fsp3) is 0.333. The van der Waals surface area contributed by atoms with E-state index < -0.39 is 0 Å². The highest BCUT2D eigenvalue weighted by Gasteiger charge is 2.26. The van der Waals surface area contributed by atoms with Crippen LogP contribution in [-0.2, 0) is 0 Å². The van der Waals surface area contributed by atoms with E-state index in [-0.39, 0.29) is 0 Å².